The molecule has 0 saturated carbocycles. The van der Waals surface area contributed by atoms with Gasteiger partial charge in [0.25, 0.3) is 0 Å². The molecule has 1 aromatic heterocycles. The molecule has 0 bridgehead atoms. The molecule has 4 nitrogen and oxygen atoms in total. The van der Waals surface area contributed by atoms with Gasteiger partial charge < -0.3 is 14.5 Å². The first kappa shape index (κ1) is 13.2. The summed E-state index contributed by atoms with van der Waals surface area (Å²) in [5.41, 5.74) is 2.91. The molecule has 4 heteroatoms. The molecule has 1 heterocycles. The predicted octanol–water partition coefficient (Wildman–Crippen LogP) is 3.94. The fourth-order valence-corrected chi connectivity index (χ4v) is 2.23. The Labute approximate surface area is 123 Å². The zero-order valence-corrected chi connectivity index (χ0v) is 12.0. The van der Waals surface area contributed by atoms with E-state index in [1.165, 1.54) is 0 Å². The predicted molar refractivity (Wildman–Crippen MR) is 85.1 cm³/mol. The molecule has 21 heavy (non-hydrogen) atoms. The number of hydrogen-bond donors (Lipinski definition) is 1. The number of nitrogens with one attached hydrogen (secondary N) is 1. The summed E-state index contributed by atoms with van der Waals surface area (Å²) in [6.45, 7) is 0. The summed E-state index contributed by atoms with van der Waals surface area (Å²) in [5.74, 6) is 1.43. The first-order chi connectivity index (χ1) is 10.3. The van der Waals surface area contributed by atoms with Crippen LogP contribution in [-0.4, -0.2) is 25.4 Å². The van der Waals surface area contributed by atoms with Gasteiger partial charge in [0, 0.05) is 34.9 Å². The minimum Gasteiger partial charge on any atom is -0.497 e. The number of nitrogens with zero attached hydrogens (tertiary/aromatic N) is 1. The molecule has 0 radical (unpaired) electrons. The van der Waals surface area contributed by atoms with Crippen molar-refractivity contribution in [3.63, 3.8) is 0 Å². The molecule has 0 unspecified atom stereocenters. The van der Waals surface area contributed by atoms with E-state index in [1.54, 1.807) is 14.2 Å². The van der Waals surface area contributed by atoms with Gasteiger partial charge >= 0.3 is 0 Å². The number of hydrogen-bond acceptors (Lipinski definition) is 3. The van der Waals surface area contributed by atoms with Crippen molar-refractivity contribution >= 4 is 22.8 Å². The van der Waals surface area contributed by atoms with E-state index in [-0.39, 0.29) is 0 Å². The molecule has 0 amide bonds. The Morgan fingerprint density at radius 3 is 2.71 bits per heavy atom. The van der Waals surface area contributed by atoms with E-state index in [9.17, 15) is 0 Å². The molecule has 3 aromatic rings. The van der Waals surface area contributed by atoms with Crippen molar-refractivity contribution in [2.75, 3.05) is 14.2 Å². The maximum absolute atomic E-state index is 5.34. The van der Waals surface area contributed by atoms with Crippen molar-refractivity contribution in [1.82, 2.24) is 4.98 Å². The first-order valence-electron chi connectivity index (χ1n) is 6.64. The highest BCUT2D eigenvalue weighted by Crippen LogP contribution is 2.31. The molecular formula is C17H16N2O2. The molecule has 0 atom stereocenters. The molecule has 0 spiro atoms. The first-order valence-corrected chi connectivity index (χ1v) is 6.64. The smallest absolute Gasteiger partial charge is 0.148 e. The number of aromatic amines is 1. The largest absolute Gasteiger partial charge is 0.497 e. The van der Waals surface area contributed by atoms with Crippen LogP contribution >= 0.6 is 0 Å². The van der Waals surface area contributed by atoms with Gasteiger partial charge in [-0.3, -0.25) is 4.99 Å². The minimum absolute atomic E-state index is 0.686. The topological polar surface area (TPSA) is 46.6 Å². The summed E-state index contributed by atoms with van der Waals surface area (Å²) in [6, 6.07) is 13.7. The number of ether oxygens (including phenoxy) is 2. The highest BCUT2D eigenvalue weighted by atomic mass is 16.5. The summed E-state index contributed by atoms with van der Waals surface area (Å²) in [5, 5.41) is 1.15. The van der Waals surface area contributed by atoms with Crippen LogP contribution in [0, 0.1) is 0 Å². The van der Waals surface area contributed by atoms with Crippen LogP contribution in [0.5, 0.6) is 11.5 Å². The van der Waals surface area contributed by atoms with Crippen LogP contribution in [0.2, 0.25) is 0 Å². The molecule has 106 valence electrons. The standard InChI is InChI=1S/C17H16N2O2/c1-20-13-7-8-16(17(9-13)21-2)19-11-12-10-18-15-6-4-3-5-14(12)15/h3-11,18H,1-2H3. The third-order valence-corrected chi connectivity index (χ3v) is 3.35. The lowest BCUT2D eigenvalue weighted by molar-refractivity contribution is 0.395. The van der Waals surface area contributed by atoms with Gasteiger partial charge in [-0.25, -0.2) is 0 Å². The summed E-state index contributed by atoms with van der Waals surface area (Å²) in [4.78, 5) is 7.75. The Balaban J connectivity index is 1.96. The van der Waals surface area contributed by atoms with Gasteiger partial charge in [0.2, 0.25) is 0 Å². The number of para-hydroxylation sites is 1. The zero-order valence-electron chi connectivity index (χ0n) is 12.0. The van der Waals surface area contributed by atoms with Crippen molar-refractivity contribution in [2.45, 2.75) is 0 Å². The molecule has 0 aliphatic carbocycles. The van der Waals surface area contributed by atoms with E-state index in [0.29, 0.717) is 5.75 Å². The fraction of sp³-hybridized carbons (Fsp3) is 0.118. The van der Waals surface area contributed by atoms with E-state index < -0.39 is 0 Å². The second-order valence-electron chi connectivity index (χ2n) is 4.59. The van der Waals surface area contributed by atoms with Gasteiger partial charge in [0.05, 0.1) is 14.2 Å². The Morgan fingerprint density at radius 2 is 1.90 bits per heavy atom. The molecule has 0 aliphatic rings. The lowest BCUT2D eigenvalue weighted by Gasteiger charge is -2.06. The monoisotopic (exact) mass is 280 g/mol. The number of rotatable bonds is 4. The molecule has 0 fully saturated rings. The van der Waals surface area contributed by atoms with Gasteiger partial charge in [-0.2, -0.15) is 0 Å². The molecule has 2 aromatic carbocycles. The number of fused-ring (bicyclic) bond motifs is 1. The van der Waals surface area contributed by atoms with Gasteiger partial charge in [0.15, 0.2) is 0 Å². The minimum atomic E-state index is 0.686. The number of aliphatic imine (C=N–C) groups is 1. The van der Waals surface area contributed by atoms with Crippen LogP contribution in [0.4, 0.5) is 5.69 Å². The van der Waals surface area contributed by atoms with E-state index >= 15 is 0 Å². The van der Waals surface area contributed by atoms with Crippen molar-refractivity contribution in [3.8, 4) is 11.5 Å². The molecule has 0 saturated heterocycles. The third-order valence-electron chi connectivity index (χ3n) is 3.35. The maximum Gasteiger partial charge on any atom is 0.148 e. The molecular weight excluding hydrogens is 264 g/mol. The van der Waals surface area contributed by atoms with Crippen molar-refractivity contribution in [3.05, 3.63) is 54.2 Å². The van der Waals surface area contributed by atoms with E-state index in [1.807, 2.05) is 48.8 Å². The van der Waals surface area contributed by atoms with Crippen LogP contribution in [0.15, 0.2) is 53.7 Å². The number of aromatic nitrogens is 1. The zero-order chi connectivity index (χ0) is 14.7. The maximum atomic E-state index is 5.34. The van der Waals surface area contributed by atoms with E-state index in [0.717, 1.165) is 27.9 Å². The van der Waals surface area contributed by atoms with Crippen LogP contribution in [-0.2, 0) is 0 Å². The van der Waals surface area contributed by atoms with Gasteiger partial charge in [-0.05, 0) is 18.2 Å². The van der Waals surface area contributed by atoms with Gasteiger partial charge in [-0.1, -0.05) is 18.2 Å². The lowest BCUT2D eigenvalue weighted by Crippen LogP contribution is -1.87. The van der Waals surface area contributed by atoms with Gasteiger partial charge in [-0.15, -0.1) is 0 Å². The Morgan fingerprint density at radius 1 is 1.05 bits per heavy atom. The third kappa shape index (κ3) is 2.60. The highest BCUT2D eigenvalue weighted by Gasteiger charge is 2.04. The molecule has 1 N–H and O–H groups in total. The quantitative estimate of drug-likeness (QED) is 0.736. The van der Waals surface area contributed by atoms with Crippen LogP contribution in [0.3, 0.4) is 0 Å². The summed E-state index contributed by atoms with van der Waals surface area (Å²) in [6.07, 6.45) is 3.79. The van der Waals surface area contributed by atoms with Gasteiger partial charge in [0.1, 0.15) is 17.2 Å². The van der Waals surface area contributed by atoms with Crippen LogP contribution < -0.4 is 9.47 Å². The Kier molecular flexibility index (Phi) is 3.60. The van der Waals surface area contributed by atoms with Crippen LogP contribution in [0.25, 0.3) is 10.9 Å². The highest BCUT2D eigenvalue weighted by molar-refractivity contribution is 5.99. The Bertz CT molecular complexity index is 790. The number of benzene rings is 2. The average molecular weight is 280 g/mol. The second-order valence-corrected chi connectivity index (χ2v) is 4.59. The molecule has 0 aliphatic heterocycles. The van der Waals surface area contributed by atoms with Crippen molar-refractivity contribution < 1.29 is 9.47 Å². The van der Waals surface area contributed by atoms with Crippen LogP contribution in [0.1, 0.15) is 5.56 Å². The summed E-state index contributed by atoms with van der Waals surface area (Å²) in [7, 11) is 3.25. The number of methoxy groups -OCH3 is 2. The molecule has 3 rings (SSSR count). The number of H-pyrrole nitrogens is 1. The fourth-order valence-electron chi connectivity index (χ4n) is 2.23. The normalized spacial score (nSPS) is 11.1. The second kappa shape index (κ2) is 5.71. The van der Waals surface area contributed by atoms with E-state index in [2.05, 4.69) is 16.0 Å². The summed E-state index contributed by atoms with van der Waals surface area (Å²) >= 11 is 0. The Hall–Kier alpha value is -2.75. The van der Waals surface area contributed by atoms with Crippen molar-refractivity contribution in [2.24, 2.45) is 4.99 Å². The summed E-state index contributed by atoms with van der Waals surface area (Å²) < 4.78 is 10.5. The van der Waals surface area contributed by atoms with E-state index in [4.69, 9.17) is 9.47 Å². The lowest BCUT2D eigenvalue weighted by atomic mass is 10.2. The van der Waals surface area contributed by atoms with Crippen molar-refractivity contribution in [1.29, 1.82) is 0 Å². The average Bonchev–Trinajstić information content (AvgIpc) is 2.96. The SMILES string of the molecule is COc1ccc(N=Cc2c[nH]c3ccccc23)c(OC)c1.